The van der Waals surface area contributed by atoms with Crippen molar-refractivity contribution in [2.24, 2.45) is 17.1 Å². The van der Waals surface area contributed by atoms with Crippen LogP contribution in [0.15, 0.2) is 0 Å². The van der Waals surface area contributed by atoms with Crippen LogP contribution in [-0.2, 0) is 9.53 Å². The number of hydrogen-bond donors (Lipinski definition) is 1. The van der Waals surface area contributed by atoms with Crippen LogP contribution >= 0.6 is 0 Å². The van der Waals surface area contributed by atoms with Crippen molar-refractivity contribution in [3.05, 3.63) is 0 Å². The lowest BCUT2D eigenvalue weighted by Gasteiger charge is -2.31. The minimum Gasteiger partial charge on any atom is -0.369 e. The molecule has 1 heterocycles. The van der Waals surface area contributed by atoms with Crippen molar-refractivity contribution in [1.29, 1.82) is 0 Å². The summed E-state index contributed by atoms with van der Waals surface area (Å²) in [6.45, 7) is 12.3. The van der Waals surface area contributed by atoms with Gasteiger partial charge in [0.15, 0.2) is 0 Å². The normalized spacial score (nSPS) is 28.1. The van der Waals surface area contributed by atoms with E-state index in [0.29, 0.717) is 6.54 Å². The fraction of sp³-hybridized carbons (Fsp3) is 0.923. The summed E-state index contributed by atoms with van der Waals surface area (Å²) >= 11 is 0. The van der Waals surface area contributed by atoms with Gasteiger partial charge in [0.05, 0.1) is 11.2 Å². The van der Waals surface area contributed by atoms with E-state index >= 15 is 0 Å². The molecule has 0 radical (unpaired) electrons. The Morgan fingerprint density at radius 3 is 2.19 bits per heavy atom. The number of carbonyl (C=O) groups excluding carboxylic acids is 1. The number of nitrogens with two attached hydrogens (primary N) is 1. The Balaban J connectivity index is 2.94. The first-order chi connectivity index (χ1) is 7.02. The Morgan fingerprint density at radius 1 is 1.38 bits per heavy atom. The molecule has 0 aromatic carbocycles. The molecule has 1 atom stereocenters. The zero-order valence-electron chi connectivity index (χ0n) is 11.4. The molecule has 3 heteroatoms. The van der Waals surface area contributed by atoms with Crippen LogP contribution in [0.3, 0.4) is 0 Å². The van der Waals surface area contributed by atoms with E-state index in [0.717, 1.165) is 6.42 Å². The minimum absolute atomic E-state index is 0.0546. The number of rotatable bonds is 3. The van der Waals surface area contributed by atoms with Crippen LogP contribution in [0.1, 0.15) is 48.0 Å². The van der Waals surface area contributed by atoms with Crippen LogP contribution in [0, 0.1) is 11.3 Å². The fourth-order valence-corrected chi connectivity index (χ4v) is 2.54. The van der Waals surface area contributed by atoms with E-state index in [-0.39, 0.29) is 22.9 Å². The van der Waals surface area contributed by atoms with Crippen molar-refractivity contribution in [3.8, 4) is 0 Å². The summed E-state index contributed by atoms with van der Waals surface area (Å²) in [6.07, 6.45) is 0.780. The Hall–Kier alpha value is -0.410. The highest BCUT2D eigenvalue weighted by molar-refractivity contribution is 5.88. The minimum atomic E-state index is -0.453. The van der Waals surface area contributed by atoms with Crippen molar-refractivity contribution < 1.29 is 9.53 Å². The van der Waals surface area contributed by atoms with E-state index in [1.54, 1.807) is 0 Å². The van der Waals surface area contributed by atoms with Crippen molar-refractivity contribution >= 4 is 5.78 Å². The first-order valence-electron chi connectivity index (χ1n) is 5.96. The van der Waals surface area contributed by atoms with Crippen molar-refractivity contribution in [2.45, 2.75) is 59.2 Å². The lowest BCUT2D eigenvalue weighted by Crippen LogP contribution is -2.43. The predicted octanol–water partition coefficient (Wildman–Crippen LogP) is 2.13. The molecule has 1 unspecified atom stereocenters. The zero-order chi connectivity index (χ0) is 12.8. The average molecular weight is 227 g/mol. The highest BCUT2D eigenvalue weighted by Crippen LogP contribution is 2.44. The van der Waals surface area contributed by atoms with Gasteiger partial charge in [0.2, 0.25) is 0 Å². The van der Waals surface area contributed by atoms with Gasteiger partial charge in [-0.15, -0.1) is 0 Å². The van der Waals surface area contributed by atoms with Crippen molar-refractivity contribution in [3.63, 3.8) is 0 Å². The van der Waals surface area contributed by atoms with Crippen LogP contribution in [0.25, 0.3) is 0 Å². The monoisotopic (exact) mass is 227 g/mol. The van der Waals surface area contributed by atoms with Gasteiger partial charge in [-0.25, -0.2) is 0 Å². The van der Waals surface area contributed by atoms with E-state index in [1.165, 1.54) is 0 Å². The molecule has 1 aliphatic heterocycles. The summed E-state index contributed by atoms with van der Waals surface area (Å²) in [5, 5.41) is 0. The second-order valence-electron chi connectivity index (χ2n) is 6.67. The standard InChI is InChI=1S/C13H25NO2/c1-11(2,8-14)10(15)9-7-12(3,4)16-13(9,5)6/h9H,7-8,14H2,1-6H3. The van der Waals surface area contributed by atoms with Gasteiger partial charge in [0.1, 0.15) is 5.78 Å². The molecule has 2 N–H and O–H groups in total. The molecule has 94 valence electrons. The zero-order valence-corrected chi connectivity index (χ0v) is 11.4. The molecular weight excluding hydrogens is 202 g/mol. The molecule has 0 aromatic heterocycles. The third kappa shape index (κ3) is 2.46. The summed E-state index contributed by atoms with van der Waals surface area (Å²) in [7, 11) is 0. The van der Waals surface area contributed by atoms with Crippen molar-refractivity contribution in [2.75, 3.05) is 6.54 Å². The molecule has 1 rings (SSSR count). The molecule has 3 nitrogen and oxygen atoms in total. The maximum Gasteiger partial charge on any atom is 0.145 e. The lowest BCUT2D eigenvalue weighted by molar-refractivity contribution is -0.137. The number of Topliss-reactive ketones (excluding diaryl/α,β-unsaturated/α-hetero) is 1. The lowest BCUT2D eigenvalue weighted by atomic mass is 9.73. The SMILES string of the molecule is CC1(C)CC(C(=O)C(C)(C)CN)C(C)(C)O1. The van der Waals surface area contributed by atoms with E-state index in [4.69, 9.17) is 10.5 Å². The molecule has 1 aliphatic rings. The molecule has 16 heavy (non-hydrogen) atoms. The van der Waals surface area contributed by atoms with E-state index in [9.17, 15) is 4.79 Å². The third-order valence-electron chi connectivity index (χ3n) is 3.57. The molecule has 0 aliphatic carbocycles. The van der Waals surface area contributed by atoms with Crippen LogP contribution in [0.5, 0.6) is 0 Å². The van der Waals surface area contributed by atoms with Crippen LogP contribution < -0.4 is 5.73 Å². The summed E-state index contributed by atoms with van der Waals surface area (Å²) in [5.74, 6) is 0.173. The Bertz CT molecular complexity index is 292. The largest absolute Gasteiger partial charge is 0.369 e. The Morgan fingerprint density at radius 2 is 1.88 bits per heavy atom. The summed E-state index contributed by atoms with van der Waals surface area (Å²) in [5.41, 5.74) is 4.62. The average Bonchev–Trinajstić information content (AvgIpc) is 2.32. The molecule has 0 amide bonds. The number of ketones is 1. The van der Waals surface area contributed by atoms with Gasteiger partial charge in [-0.2, -0.15) is 0 Å². The second kappa shape index (κ2) is 3.81. The number of carbonyl (C=O) groups is 1. The Labute approximate surface area is 98.7 Å². The summed E-state index contributed by atoms with van der Waals surface area (Å²) in [6, 6.07) is 0. The van der Waals surface area contributed by atoms with Crippen LogP contribution in [-0.4, -0.2) is 23.5 Å². The molecule has 0 spiro atoms. The third-order valence-corrected chi connectivity index (χ3v) is 3.57. The number of hydrogen-bond acceptors (Lipinski definition) is 3. The molecular formula is C13H25NO2. The quantitative estimate of drug-likeness (QED) is 0.803. The predicted molar refractivity (Wildman–Crippen MR) is 65.2 cm³/mol. The van der Waals surface area contributed by atoms with E-state index in [2.05, 4.69) is 0 Å². The highest BCUT2D eigenvalue weighted by atomic mass is 16.5. The van der Waals surface area contributed by atoms with Gasteiger partial charge in [0.25, 0.3) is 0 Å². The van der Waals surface area contributed by atoms with E-state index in [1.807, 2.05) is 41.5 Å². The van der Waals surface area contributed by atoms with Gasteiger partial charge < -0.3 is 10.5 Å². The smallest absolute Gasteiger partial charge is 0.145 e. The highest BCUT2D eigenvalue weighted by Gasteiger charge is 2.51. The Kier molecular flexibility index (Phi) is 3.25. The maximum atomic E-state index is 12.4. The molecule has 0 aromatic rings. The van der Waals surface area contributed by atoms with Crippen LogP contribution in [0.4, 0.5) is 0 Å². The summed E-state index contributed by atoms with van der Waals surface area (Å²) < 4.78 is 5.95. The maximum absolute atomic E-state index is 12.4. The van der Waals surface area contributed by atoms with E-state index < -0.39 is 5.41 Å². The van der Waals surface area contributed by atoms with Gasteiger partial charge in [-0.05, 0) is 34.1 Å². The number of ether oxygens (including phenoxy) is 1. The molecule has 1 fully saturated rings. The van der Waals surface area contributed by atoms with Gasteiger partial charge in [0, 0.05) is 17.9 Å². The van der Waals surface area contributed by atoms with Gasteiger partial charge in [-0.3, -0.25) is 4.79 Å². The first-order valence-corrected chi connectivity index (χ1v) is 5.96. The second-order valence-corrected chi connectivity index (χ2v) is 6.67. The molecule has 0 saturated carbocycles. The van der Waals surface area contributed by atoms with Gasteiger partial charge in [-0.1, -0.05) is 13.8 Å². The summed E-state index contributed by atoms with van der Waals surface area (Å²) in [4.78, 5) is 12.4. The van der Waals surface area contributed by atoms with Crippen molar-refractivity contribution in [1.82, 2.24) is 0 Å². The fourth-order valence-electron chi connectivity index (χ4n) is 2.54. The molecule has 0 bridgehead atoms. The first kappa shape index (κ1) is 13.7. The van der Waals surface area contributed by atoms with Crippen LogP contribution in [0.2, 0.25) is 0 Å². The van der Waals surface area contributed by atoms with Gasteiger partial charge >= 0.3 is 0 Å². The topological polar surface area (TPSA) is 52.3 Å². The molecule has 1 saturated heterocycles.